The molecule has 0 amide bonds. The summed E-state index contributed by atoms with van der Waals surface area (Å²) in [5.74, 6) is 6.29. The molecule has 3 N–H and O–H groups in total. The highest BCUT2D eigenvalue weighted by Gasteiger charge is 2.25. The average Bonchev–Trinajstić information content (AvgIpc) is 2.68. The van der Waals surface area contributed by atoms with Gasteiger partial charge in [-0.1, -0.05) is 0 Å². The van der Waals surface area contributed by atoms with Crippen molar-refractivity contribution in [1.82, 2.24) is 5.43 Å². The van der Waals surface area contributed by atoms with E-state index in [4.69, 9.17) is 10.6 Å². The van der Waals surface area contributed by atoms with Crippen molar-refractivity contribution in [2.45, 2.75) is 25.8 Å². The molecule has 1 atom stereocenters. The van der Waals surface area contributed by atoms with E-state index < -0.39 is 0 Å². The maximum absolute atomic E-state index is 5.68. The fourth-order valence-corrected chi connectivity index (χ4v) is 3.11. The van der Waals surface area contributed by atoms with Crippen LogP contribution in [0.3, 0.4) is 0 Å². The Balaban J connectivity index is 2.12. The van der Waals surface area contributed by atoms with Crippen LogP contribution < -0.4 is 11.3 Å². The van der Waals surface area contributed by atoms with Gasteiger partial charge in [-0.15, -0.1) is 0 Å². The van der Waals surface area contributed by atoms with Crippen molar-refractivity contribution in [2.75, 3.05) is 13.2 Å². The molecule has 84 valence electrons. The zero-order valence-electron chi connectivity index (χ0n) is 9.03. The number of hydrogen-bond donors (Lipinski definition) is 2. The molecule has 0 spiro atoms. The van der Waals surface area contributed by atoms with Crippen molar-refractivity contribution in [3.63, 3.8) is 0 Å². The van der Waals surface area contributed by atoms with Gasteiger partial charge in [-0.3, -0.25) is 11.3 Å². The summed E-state index contributed by atoms with van der Waals surface area (Å²) in [6, 6.07) is 0.292. The van der Waals surface area contributed by atoms with E-state index in [1.165, 1.54) is 11.1 Å². The maximum Gasteiger partial charge on any atom is 0.0500 e. The highest BCUT2D eigenvalue weighted by Crippen LogP contribution is 2.32. The molecule has 4 heteroatoms. The van der Waals surface area contributed by atoms with Gasteiger partial charge in [-0.25, -0.2) is 0 Å². The first-order chi connectivity index (χ1) is 7.33. The highest BCUT2D eigenvalue weighted by molar-refractivity contribution is 7.08. The lowest BCUT2D eigenvalue weighted by Crippen LogP contribution is -2.36. The zero-order chi connectivity index (χ0) is 10.7. The summed E-state index contributed by atoms with van der Waals surface area (Å²) in [5.41, 5.74) is 5.66. The van der Waals surface area contributed by atoms with Gasteiger partial charge in [-0.05, 0) is 47.6 Å². The van der Waals surface area contributed by atoms with Gasteiger partial charge in [0.25, 0.3) is 0 Å². The Morgan fingerprint density at radius 2 is 2.20 bits per heavy atom. The summed E-state index contributed by atoms with van der Waals surface area (Å²) in [4.78, 5) is 0. The molecule has 0 radical (unpaired) electrons. The average molecular weight is 226 g/mol. The van der Waals surface area contributed by atoms with Gasteiger partial charge in [-0.2, -0.15) is 11.3 Å². The third-order valence-electron chi connectivity index (χ3n) is 3.15. The largest absolute Gasteiger partial charge is 0.381 e. The van der Waals surface area contributed by atoms with E-state index >= 15 is 0 Å². The van der Waals surface area contributed by atoms with Gasteiger partial charge in [0, 0.05) is 13.2 Å². The zero-order valence-corrected chi connectivity index (χ0v) is 9.85. The number of hydrazine groups is 1. The summed E-state index contributed by atoms with van der Waals surface area (Å²) < 4.78 is 5.38. The SMILES string of the molecule is Cc1cscc1C(NN)C1CCOCC1. The van der Waals surface area contributed by atoms with Crippen LogP contribution >= 0.6 is 11.3 Å². The van der Waals surface area contributed by atoms with E-state index in [2.05, 4.69) is 23.1 Å². The molecule has 1 unspecified atom stereocenters. The maximum atomic E-state index is 5.68. The molecular formula is C11H18N2OS. The van der Waals surface area contributed by atoms with Gasteiger partial charge in [0.15, 0.2) is 0 Å². The summed E-state index contributed by atoms with van der Waals surface area (Å²) in [6.45, 7) is 3.88. The second kappa shape index (κ2) is 5.07. The molecule has 1 aromatic heterocycles. The summed E-state index contributed by atoms with van der Waals surface area (Å²) in [6.07, 6.45) is 2.20. The van der Waals surface area contributed by atoms with Crippen LogP contribution in [0.15, 0.2) is 10.8 Å². The Labute approximate surface area is 94.6 Å². The van der Waals surface area contributed by atoms with Gasteiger partial charge in [0.1, 0.15) is 0 Å². The number of nitrogens with two attached hydrogens (primary N) is 1. The minimum Gasteiger partial charge on any atom is -0.381 e. The molecular weight excluding hydrogens is 208 g/mol. The molecule has 1 saturated heterocycles. The molecule has 1 aliphatic heterocycles. The van der Waals surface area contributed by atoms with E-state index in [0.717, 1.165) is 26.1 Å². The number of rotatable bonds is 3. The lowest BCUT2D eigenvalue weighted by atomic mass is 9.87. The van der Waals surface area contributed by atoms with E-state index in [-0.39, 0.29) is 0 Å². The Morgan fingerprint density at radius 3 is 2.73 bits per heavy atom. The second-order valence-electron chi connectivity index (χ2n) is 4.10. The van der Waals surface area contributed by atoms with Crippen LogP contribution in [0, 0.1) is 12.8 Å². The molecule has 0 aliphatic carbocycles. The van der Waals surface area contributed by atoms with Crippen molar-refractivity contribution in [3.8, 4) is 0 Å². The molecule has 0 aromatic carbocycles. The fourth-order valence-electron chi connectivity index (χ4n) is 2.22. The van der Waals surface area contributed by atoms with E-state index in [1.54, 1.807) is 11.3 Å². The van der Waals surface area contributed by atoms with Gasteiger partial charge < -0.3 is 4.74 Å². The Kier molecular flexibility index (Phi) is 3.75. The van der Waals surface area contributed by atoms with Crippen LogP contribution in [0.2, 0.25) is 0 Å². The molecule has 3 nitrogen and oxygen atoms in total. The van der Waals surface area contributed by atoms with Crippen LogP contribution in [0.25, 0.3) is 0 Å². The fraction of sp³-hybridized carbons (Fsp3) is 0.636. The predicted molar refractivity (Wildman–Crippen MR) is 62.7 cm³/mol. The quantitative estimate of drug-likeness (QED) is 0.612. The molecule has 0 saturated carbocycles. The number of hydrogen-bond acceptors (Lipinski definition) is 4. The molecule has 15 heavy (non-hydrogen) atoms. The smallest absolute Gasteiger partial charge is 0.0500 e. The third kappa shape index (κ3) is 2.39. The van der Waals surface area contributed by atoms with Crippen LogP contribution in [0.4, 0.5) is 0 Å². The molecule has 1 aromatic rings. The van der Waals surface area contributed by atoms with E-state index in [1.807, 2.05) is 0 Å². The topological polar surface area (TPSA) is 47.3 Å². The predicted octanol–water partition coefficient (Wildman–Crippen LogP) is 1.99. The van der Waals surface area contributed by atoms with Crippen LogP contribution in [-0.2, 0) is 4.74 Å². The molecule has 0 bridgehead atoms. The molecule has 2 heterocycles. The first-order valence-electron chi connectivity index (χ1n) is 5.39. The summed E-state index contributed by atoms with van der Waals surface area (Å²) >= 11 is 1.75. The summed E-state index contributed by atoms with van der Waals surface area (Å²) in [5, 5.41) is 4.38. The van der Waals surface area contributed by atoms with E-state index in [9.17, 15) is 0 Å². The normalized spacial score (nSPS) is 20.4. The number of aryl methyl sites for hydroxylation is 1. The van der Waals surface area contributed by atoms with Gasteiger partial charge >= 0.3 is 0 Å². The standard InChI is InChI=1S/C11H18N2OS/c1-8-6-15-7-10(8)11(13-12)9-2-4-14-5-3-9/h6-7,9,11,13H,2-5,12H2,1H3. The van der Waals surface area contributed by atoms with Crippen molar-refractivity contribution in [2.24, 2.45) is 11.8 Å². The third-order valence-corrected chi connectivity index (χ3v) is 4.03. The first-order valence-corrected chi connectivity index (χ1v) is 6.33. The Hall–Kier alpha value is -0.420. The monoisotopic (exact) mass is 226 g/mol. The van der Waals surface area contributed by atoms with Gasteiger partial charge in [0.05, 0.1) is 6.04 Å². The lowest BCUT2D eigenvalue weighted by Gasteiger charge is -2.30. The Morgan fingerprint density at radius 1 is 1.47 bits per heavy atom. The van der Waals surface area contributed by atoms with Crippen LogP contribution in [0.1, 0.15) is 30.0 Å². The molecule has 2 rings (SSSR count). The van der Waals surface area contributed by atoms with Crippen LogP contribution in [0.5, 0.6) is 0 Å². The number of ether oxygens (including phenoxy) is 1. The van der Waals surface area contributed by atoms with Crippen LogP contribution in [-0.4, -0.2) is 13.2 Å². The second-order valence-corrected chi connectivity index (χ2v) is 4.85. The summed E-state index contributed by atoms with van der Waals surface area (Å²) in [7, 11) is 0. The minimum atomic E-state index is 0.292. The Bertz CT molecular complexity index is 307. The van der Waals surface area contributed by atoms with Crippen molar-refractivity contribution in [1.29, 1.82) is 0 Å². The minimum absolute atomic E-state index is 0.292. The first kappa shape index (κ1) is 11.1. The van der Waals surface area contributed by atoms with Crippen molar-refractivity contribution >= 4 is 11.3 Å². The van der Waals surface area contributed by atoms with Gasteiger partial charge in [0.2, 0.25) is 0 Å². The van der Waals surface area contributed by atoms with Crippen molar-refractivity contribution < 1.29 is 4.74 Å². The molecule has 1 fully saturated rings. The number of nitrogens with one attached hydrogen (secondary N) is 1. The molecule has 1 aliphatic rings. The highest BCUT2D eigenvalue weighted by atomic mass is 32.1. The van der Waals surface area contributed by atoms with E-state index in [0.29, 0.717) is 12.0 Å². The van der Waals surface area contributed by atoms with Crippen molar-refractivity contribution in [3.05, 3.63) is 21.9 Å². The lowest BCUT2D eigenvalue weighted by molar-refractivity contribution is 0.0536. The number of thiophene rings is 1.